The van der Waals surface area contributed by atoms with Crippen LogP contribution in [0.3, 0.4) is 0 Å². The van der Waals surface area contributed by atoms with Crippen molar-refractivity contribution < 1.29 is 0 Å². The van der Waals surface area contributed by atoms with Gasteiger partial charge in [-0.25, -0.2) is 9.67 Å². The first-order chi connectivity index (χ1) is 8.19. The van der Waals surface area contributed by atoms with Crippen LogP contribution in [0.1, 0.15) is 31.8 Å². The molecule has 2 N–H and O–H groups in total. The number of aryl methyl sites for hydroxylation is 3. The molecule has 0 saturated heterocycles. The van der Waals surface area contributed by atoms with Gasteiger partial charge in [-0.2, -0.15) is 5.10 Å². The van der Waals surface area contributed by atoms with Gasteiger partial charge in [0, 0.05) is 25.4 Å². The maximum Gasteiger partial charge on any atom is 0.160 e. The van der Waals surface area contributed by atoms with Gasteiger partial charge in [-0.3, -0.25) is 4.57 Å². The van der Waals surface area contributed by atoms with Crippen molar-refractivity contribution in [2.24, 2.45) is 0 Å². The number of rotatable bonds is 4. The average molecular weight is 233 g/mol. The molecule has 92 valence electrons. The molecule has 0 radical (unpaired) electrons. The first kappa shape index (κ1) is 11.7. The molecule has 0 fully saturated rings. The lowest BCUT2D eigenvalue weighted by atomic mass is 10.3. The van der Waals surface area contributed by atoms with E-state index >= 15 is 0 Å². The van der Waals surface area contributed by atoms with Crippen molar-refractivity contribution in [2.45, 2.75) is 40.2 Å². The Labute approximate surface area is 101 Å². The third kappa shape index (κ3) is 1.92. The Morgan fingerprint density at radius 3 is 2.76 bits per heavy atom. The van der Waals surface area contributed by atoms with E-state index in [0.29, 0.717) is 0 Å². The van der Waals surface area contributed by atoms with Crippen molar-refractivity contribution >= 4 is 5.69 Å². The smallest absolute Gasteiger partial charge is 0.160 e. The van der Waals surface area contributed by atoms with E-state index in [4.69, 9.17) is 5.73 Å². The summed E-state index contributed by atoms with van der Waals surface area (Å²) in [6.07, 6.45) is 5.77. The summed E-state index contributed by atoms with van der Waals surface area (Å²) in [5.74, 6) is 1.97. The summed E-state index contributed by atoms with van der Waals surface area (Å²) >= 11 is 0. The summed E-state index contributed by atoms with van der Waals surface area (Å²) in [4.78, 5) is 4.37. The monoisotopic (exact) mass is 233 g/mol. The van der Waals surface area contributed by atoms with Crippen molar-refractivity contribution in [3.8, 4) is 5.82 Å². The van der Waals surface area contributed by atoms with E-state index in [1.165, 1.54) is 0 Å². The van der Waals surface area contributed by atoms with E-state index < -0.39 is 0 Å². The second kappa shape index (κ2) is 4.61. The van der Waals surface area contributed by atoms with Crippen LogP contribution in [0, 0.1) is 6.92 Å². The predicted octanol–water partition coefficient (Wildman–Crippen LogP) is 1.93. The van der Waals surface area contributed by atoms with Gasteiger partial charge >= 0.3 is 0 Å². The SMILES string of the molecule is CCCc1nccn1-c1c(N)c(C)nn1CC. The van der Waals surface area contributed by atoms with Gasteiger partial charge in [-0.15, -0.1) is 0 Å². The van der Waals surface area contributed by atoms with Crippen LogP contribution >= 0.6 is 0 Å². The highest BCUT2D eigenvalue weighted by Gasteiger charge is 2.15. The van der Waals surface area contributed by atoms with Crippen LogP contribution in [0.4, 0.5) is 5.69 Å². The average Bonchev–Trinajstić information content (AvgIpc) is 2.86. The summed E-state index contributed by atoms with van der Waals surface area (Å²) < 4.78 is 3.97. The highest BCUT2D eigenvalue weighted by Crippen LogP contribution is 2.22. The molecule has 0 bridgehead atoms. The molecule has 0 amide bonds. The summed E-state index contributed by atoms with van der Waals surface area (Å²) in [6, 6.07) is 0. The molecule has 17 heavy (non-hydrogen) atoms. The molecule has 0 saturated carbocycles. The van der Waals surface area contributed by atoms with E-state index in [1.807, 2.05) is 28.6 Å². The Bertz CT molecular complexity index is 509. The number of aromatic nitrogens is 4. The van der Waals surface area contributed by atoms with E-state index in [-0.39, 0.29) is 0 Å². The standard InChI is InChI=1S/C12H19N5/c1-4-6-10-14-7-8-16(10)12-11(13)9(3)15-17(12)5-2/h7-8H,4-6,13H2,1-3H3. The predicted molar refractivity (Wildman–Crippen MR) is 68.2 cm³/mol. The fourth-order valence-electron chi connectivity index (χ4n) is 1.99. The van der Waals surface area contributed by atoms with Crippen molar-refractivity contribution in [2.75, 3.05) is 5.73 Å². The number of nitrogen functional groups attached to an aromatic ring is 1. The molecule has 0 aromatic carbocycles. The zero-order valence-corrected chi connectivity index (χ0v) is 10.6. The number of imidazole rings is 1. The minimum absolute atomic E-state index is 0.738. The molecule has 0 atom stereocenters. The number of anilines is 1. The summed E-state index contributed by atoms with van der Waals surface area (Å²) in [7, 11) is 0. The second-order valence-corrected chi connectivity index (χ2v) is 4.10. The molecule has 0 spiro atoms. The van der Waals surface area contributed by atoms with Gasteiger partial charge in [0.1, 0.15) is 5.82 Å². The molecule has 0 aliphatic rings. The van der Waals surface area contributed by atoms with Gasteiger partial charge in [-0.05, 0) is 20.3 Å². The Kier molecular flexibility index (Phi) is 3.17. The minimum atomic E-state index is 0.738. The lowest BCUT2D eigenvalue weighted by Crippen LogP contribution is -2.10. The van der Waals surface area contributed by atoms with E-state index in [1.54, 1.807) is 0 Å². The first-order valence-electron chi connectivity index (χ1n) is 6.04. The Hall–Kier alpha value is -1.78. The molecular formula is C12H19N5. The highest BCUT2D eigenvalue weighted by atomic mass is 15.4. The Balaban J connectivity index is 2.55. The molecule has 5 nitrogen and oxygen atoms in total. The van der Waals surface area contributed by atoms with Gasteiger partial charge in [0.25, 0.3) is 0 Å². The van der Waals surface area contributed by atoms with E-state index in [9.17, 15) is 0 Å². The van der Waals surface area contributed by atoms with Crippen LogP contribution < -0.4 is 5.73 Å². The van der Waals surface area contributed by atoms with Crippen LogP contribution in [0.25, 0.3) is 5.82 Å². The molecule has 0 aliphatic carbocycles. The maximum absolute atomic E-state index is 6.10. The topological polar surface area (TPSA) is 61.7 Å². The minimum Gasteiger partial charge on any atom is -0.394 e. The first-order valence-corrected chi connectivity index (χ1v) is 6.04. The lowest BCUT2D eigenvalue weighted by Gasteiger charge is -2.10. The third-order valence-corrected chi connectivity index (χ3v) is 2.86. The zero-order valence-electron chi connectivity index (χ0n) is 10.6. The van der Waals surface area contributed by atoms with Crippen LogP contribution in [0.2, 0.25) is 0 Å². The van der Waals surface area contributed by atoms with Crippen molar-refractivity contribution in [1.82, 2.24) is 19.3 Å². The van der Waals surface area contributed by atoms with Gasteiger partial charge < -0.3 is 5.73 Å². The Morgan fingerprint density at radius 1 is 1.35 bits per heavy atom. The van der Waals surface area contributed by atoms with Crippen LogP contribution in [-0.2, 0) is 13.0 Å². The summed E-state index contributed by atoms with van der Waals surface area (Å²) in [6.45, 7) is 6.94. The van der Waals surface area contributed by atoms with Crippen LogP contribution in [-0.4, -0.2) is 19.3 Å². The maximum atomic E-state index is 6.10. The van der Waals surface area contributed by atoms with E-state index in [0.717, 1.165) is 42.4 Å². The number of nitrogens with two attached hydrogens (primary N) is 1. The number of nitrogens with zero attached hydrogens (tertiary/aromatic N) is 4. The normalized spacial score (nSPS) is 11.0. The summed E-state index contributed by atoms with van der Waals surface area (Å²) in [5, 5.41) is 4.43. The van der Waals surface area contributed by atoms with Crippen molar-refractivity contribution in [3.63, 3.8) is 0 Å². The summed E-state index contributed by atoms with van der Waals surface area (Å²) in [5.41, 5.74) is 7.71. The Morgan fingerprint density at radius 2 is 2.12 bits per heavy atom. The fourth-order valence-corrected chi connectivity index (χ4v) is 1.99. The van der Waals surface area contributed by atoms with Crippen molar-refractivity contribution in [1.29, 1.82) is 0 Å². The van der Waals surface area contributed by atoms with Crippen LogP contribution in [0.5, 0.6) is 0 Å². The quantitative estimate of drug-likeness (QED) is 0.877. The molecule has 0 unspecified atom stereocenters. The van der Waals surface area contributed by atoms with Crippen LogP contribution in [0.15, 0.2) is 12.4 Å². The molecule has 5 heteroatoms. The highest BCUT2D eigenvalue weighted by molar-refractivity contribution is 5.57. The molecule has 2 aromatic rings. The third-order valence-electron chi connectivity index (χ3n) is 2.86. The molecule has 2 heterocycles. The lowest BCUT2D eigenvalue weighted by molar-refractivity contribution is 0.625. The van der Waals surface area contributed by atoms with Gasteiger partial charge in [-0.1, -0.05) is 6.92 Å². The molecule has 2 rings (SSSR count). The zero-order chi connectivity index (χ0) is 12.4. The molecule has 2 aromatic heterocycles. The molecular weight excluding hydrogens is 214 g/mol. The largest absolute Gasteiger partial charge is 0.394 e. The van der Waals surface area contributed by atoms with Crippen molar-refractivity contribution in [3.05, 3.63) is 23.9 Å². The van der Waals surface area contributed by atoms with E-state index in [2.05, 4.69) is 23.9 Å². The second-order valence-electron chi connectivity index (χ2n) is 4.10. The number of hydrogen-bond acceptors (Lipinski definition) is 3. The van der Waals surface area contributed by atoms with Gasteiger partial charge in [0.2, 0.25) is 0 Å². The van der Waals surface area contributed by atoms with Gasteiger partial charge in [0.15, 0.2) is 5.82 Å². The van der Waals surface area contributed by atoms with Gasteiger partial charge in [0.05, 0.1) is 11.4 Å². The fraction of sp³-hybridized carbons (Fsp3) is 0.500. The molecule has 0 aliphatic heterocycles. The number of hydrogen-bond donors (Lipinski definition) is 1.